The molecule has 38 heavy (non-hydrogen) atoms. The Hall–Kier alpha value is -2.76. The average molecular weight is 530 g/mol. The van der Waals surface area contributed by atoms with Crippen molar-refractivity contribution in [3.8, 4) is 11.1 Å². The molecule has 0 saturated carbocycles. The van der Waals surface area contributed by atoms with Crippen LogP contribution in [0.1, 0.15) is 43.5 Å². The zero-order valence-corrected chi connectivity index (χ0v) is 22.7. The summed E-state index contributed by atoms with van der Waals surface area (Å²) in [6.07, 6.45) is 3.95. The third-order valence-corrected chi connectivity index (χ3v) is 6.84. The molecule has 10 heteroatoms. The number of halogens is 1. The van der Waals surface area contributed by atoms with Gasteiger partial charge in [-0.15, -0.1) is 0 Å². The topological polar surface area (TPSA) is 115 Å². The van der Waals surface area contributed by atoms with Crippen molar-refractivity contribution >= 4 is 11.9 Å². The lowest BCUT2D eigenvalue weighted by Gasteiger charge is -2.36. The molecule has 0 aliphatic carbocycles. The van der Waals surface area contributed by atoms with Gasteiger partial charge in [-0.05, 0) is 37.6 Å². The van der Waals surface area contributed by atoms with Gasteiger partial charge in [0, 0.05) is 57.6 Å². The second-order valence-electron chi connectivity index (χ2n) is 9.63. The van der Waals surface area contributed by atoms with Crippen LogP contribution in [0.3, 0.4) is 0 Å². The summed E-state index contributed by atoms with van der Waals surface area (Å²) < 4.78 is 30.3. The Morgan fingerprint density at radius 1 is 1.24 bits per heavy atom. The Kier molecular flexibility index (Phi) is 11.8. The van der Waals surface area contributed by atoms with Gasteiger partial charge >= 0.3 is 0 Å². The van der Waals surface area contributed by atoms with E-state index >= 15 is 0 Å². The number of aliphatic hydroxyl groups is 1. The molecule has 3 N–H and O–H groups in total. The van der Waals surface area contributed by atoms with E-state index in [9.17, 15) is 9.50 Å². The number of pyridine rings is 1. The minimum absolute atomic E-state index is 0.00104. The van der Waals surface area contributed by atoms with E-state index in [1.807, 2.05) is 56.6 Å². The number of aromatic nitrogens is 1. The van der Waals surface area contributed by atoms with Crippen LogP contribution in [0.4, 0.5) is 4.39 Å². The minimum atomic E-state index is -0.751. The lowest BCUT2D eigenvalue weighted by atomic mass is 9.99. The monoisotopic (exact) mass is 529 g/mol. The fraction of sp³-hybridized carbons (Fsp3) is 0.536. The highest BCUT2D eigenvalue weighted by molar-refractivity contribution is 6.30. The number of ether oxygens (including phenoxy) is 3. The Bertz CT molecular complexity index is 1020. The van der Waals surface area contributed by atoms with Crippen molar-refractivity contribution in [2.45, 2.75) is 63.4 Å². The van der Waals surface area contributed by atoms with Crippen LogP contribution in [0.2, 0.25) is 0 Å². The van der Waals surface area contributed by atoms with Crippen LogP contribution in [0, 0.1) is 0 Å². The lowest BCUT2D eigenvalue weighted by molar-refractivity contribution is -0.173. The fourth-order valence-corrected chi connectivity index (χ4v) is 4.68. The number of nitrogens with two attached hydrogens (primary N) is 1. The normalized spacial score (nSPS) is 22.2. The van der Waals surface area contributed by atoms with Crippen molar-refractivity contribution in [3.63, 3.8) is 0 Å². The van der Waals surface area contributed by atoms with Gasteiger partial charge in [0.2, 0.25) is 0 Å². The summed E-state index contributed by atoms with van der Waals surface area (Å²) in [5.41, 5.74) is 4.21. The maximum atomic E-state index is 14.1. The van der Waals surface area contributed by atoms with E-state index in [-0.39, 0.29) is 12.1 Å². The number of nitrogens with zero attached hydrogens (tertiary/aromatic N) is 4. The Balaban J connectivity index is 1.61. The number of hydrogen-bond donors (Lipinski definition) is 2. The number of aliphatic hydroxyl groups excluding tert-OH is 1. The number of methoxy groups -OCH3 is 2. The summed E-state index contributed by atoms with van der Waals surface area (Å²) in [6, 6.07) is 11.1. The van der Waals surface area contributed by atoms with Gasteiger partial charge in [-0.1, -0.05) is 30.3 Å². The summed E-state index contributed by atoms with van der Waals surface area (Å²) in [7, 11) is 5.18. The van der Waals surface area contributed by atoms with E-state index < -0.39 is 25.1 Å². The second-order valence-corrected chi connectivity index (χ2v) is 9.63. The maximum absolute atomic E-state index is 14.1. The standard InChI is InChI=1S/C28H40FN5O4/c1-19-13-25(14-27(35)38-19)34(2)12-11-23(33-30)17-32-26(15-29)28(37-4)21-7-5-20(6-8-21)22-9-10-24(18-36-3)31-16-22/h5-10,16-17,19,25-28,35H,11-15,18,30H2,1-4H3/b32-17?,33-23-/t19-,25+,26-,27-,28-/m1/s1. The molecule has 208 valence electrons. The van der Waals surface area contributed by atoms with Crippen molar-refractivity contribution < 1.29 is 23.7 Å². The van der Waals surface area contributed by atoms with E-state index in [0.29, 0.717) is 31.7 Å². The first-order chi connectivity index (χ1) is 18.4. The highest BCUT2D eigenvalue weighted by Crippen LogP contribution is 2.27. The molecule has 2 aromatic rings. The van der Waals surface area contributed by atoms with Crippen molar-refractivity contribution in [2.75, 3.05) is 34.5 Å². The van der Waals surface area contributed by atoms with Gasteiger partial charge in [-0.25, -0.2) is 4.39 Å². The third kappa shape index (κ3) is 8.37. The van der Waals surface area contributed by atoms with E-state index in [2.05, 4.69) is 20.0 Å². The van der Waals surface area contributed by atoms with E-state index in [1.54, 1.807) is 14.2 Å². The van der Waals surface area contributed by atoms with Gasteiger partial charge in [0.05, 0.1) is 24.1 Å². The Morgan fingerprint density at radius 2 is 1.97 bits per heavy atom. The summed E-state index contributed by atoms with van der Waals surface area (Å²) in [5, 5.41) is 13.7. The molecule has 2 heterocycles. The van der Waals surface area contributed by atoms with Crippen LogP contribution in [-0.2, 0) is 20.8 Å². The number of rotatable bonds is 13. The molecule has 1 aliphatic heterocycles. The second kappa shape index (κ2) is 15.0. The number of hydrazone groups is 1. The maximum Gasteiger partial charge on any atom is 0.156 e. The minimum Gasteiger partial charge on any atom is -0.378 e. The van der Waals surface area contributed by atoms with Crippen molar-refractivity contribution in [2.24, 2.45) is 15.9 Å². The van der Waals surface area contributed by atoms with E-state index in [0.717, 1.165) is 28.8 Å². The number of aliphatic imine (C=N–C) groups is 1. The van der Waals surface area contributed by atoms with E-state index in [1.165, 1.54) is 6.21 Å². The van der Waals surface area contributed by atoms with Crippen molar-refractivity contribution in [1.29, 1.82) is 0 Å². The molecule has 1 saturated heterocycles. The van der Waals surface area contributed by atoms with Crippen molar-refractivity contribution in [1.82, 2.24) is 9.88 Å². The molecule has 1 aromatic heterocycles. The van der Waals surface area contributed by atoms with Crippen LogP contribution in [0.15, 0.2) is 52.7 Å². The molecule has 9 nitrogen and oxygen atoms in total. The molecule has 1 fully saturated rings. The molecule has 1 aromatic carbocycles. The van der Waals surface area contributed by atoms with E-state index in [4.69, 9.17) is 20.1 Å². The molecule has 1 aliphatic rings. The SMILES string of the molecule is COCc1ccc(-c2ccc([C@@H](OC)[C@@H](CF)N=C/C(CCN(C)[C@H]3C[C@@H](C)O[C@@H](O)C3)=N\N)cc2)cn1. The molecule has 0 bridgehead atoms. The zero-order chi connectivity index (χ0) is 27.5. The quantitative estimate of drug-likeness (QED) is 0.232. The van der Waals surface area contributed by atoms with Crippen LogP contribution in [0.25, 0.3) is 11.1 Å². The Morgan fingerprint density at radius 3 is 2.55 bits per heavy atom. The highest BCUT2D eigenvalue weighted by atomic mass is 19.1. The van der Waals surface area contributed by atoms with Crippen LogP contribution < -0.4 is 5.84 Å². The summed E-state index contributed by atoms with van der Waals surface area (Å²) in [6.45, 7) is 2.39. The molecular weight excluding hydrogens is 489 g/mol. The van der Waals surface area contributed by atoms with Gasteiger partial charge < -0.3 is 30.1 Å². The number of hydrogen-bond acceptors (Lipinski definition) is 9. The molecule has 0 amide bonds. The average Bonchev–Trinajstić information content (AvgIpc) is 2.92. The molecule has 0 unspecified atom stereocenters. The lowest BCUT2D eigenvalue weighted by Crippen LogP contribution is -2.43. The van der Waals surface area contributed by atoms with Gasteiger partial charge in [-0.2, -0.15) is 5.10 Å². The van der Waals surface area contributed by atoms with Gasteiger partial charge in [0.1, 0.15) is 18.8 Å². The predicted octanol–water partition coefficient (Wildman–Crippen LogP) is 3.51. The molecule has 0 spiro atoms. The molecule has 5 atom stereocenters. The largest absolute Gasteiger partial charge is 0.378 e. The molecule has 3 rings (SSSR count). The van der Waals surface area contributed by atoms with Crippen LogP contribution in [0.5, 0.6) is 0 Å². The van der Waals surface area contributed by atoms with Crippen molar-refractivity contribution in [3.05, 3.63) is 53.9 Å². The van der Waals surface area contributed by atoms with Gasteiger partial charge in [0.25, 0.3) is 0 Å². The first kappa shape index (κ1) is 29.8. The van der Waals surface area contributed by atoms with Crippen LogP contribution >= 0.6 is 0 Å². The highest BCUT2D eigenvalue weighted by Gasteiger charge is 2.28. The summed E-state index contributed by atoms with van der Waals surface area (Å²) in [5.74, 6) is 5.61. The number of benzene rings is 1. The van der Waals surface area contributed by atoms with Crippen LogP contribution in [-0.4, -0.2) is 85.9 Å². The Labute approximate surface area is 224 Å². The molecule has 0 radical (unpaired) electrons. The number of alkyl halides is 1. The van der Waals surface area contributed by atoms with Gasteiger partial charge in [0.15, 0.2) is 6.29 Å². The third-order valence-electron chi connectivity index (χ3n) is 6.84. The van der Waals surface area contributed by atoms with Gasteiger partial charge in [-0.3, -0.25) is 9.98 Å². The summed E-state index contributed by atoms with van der Waals surface area (Å²) >= 11 is 0. The fourth-order valence-electron chi connectivity index (χ4n) is 4.68. The predicted molar refractivity (Wildman–Crippen MR) is 147 cm³/mol. The smallest absolute Gasteiger partial charge is 0.156 e. The zero-order valence-electron chi connectivity index (χ0n) is 22.7. The first-order valence-electron chi connectivity index (χ1n) is 12.8. The molecular formula is C28H40FN5O4. The first-order valence-corrected chi connectivity index (χ1v) is 12.8. The summed E-state index contributed by atoms with van der Waals surface area (Å²) in [4.78, 5) is 11.0.